The number of anilines is 2. The zero-order valence-electron chi connectivity index (χ0n) is 11.6. The van der Waals surface area contributed by atoms with Crippen molar-refractivity contribution in [2.24, 2.45) is 0 Å². The van der Waals surface area contributed by atoms with Crippen LogP contribution >= 0.6 is 0 Å². The van der Waals surface area contributed by atoms with E-state index in [0.717, 1.165) is 41.5 Å². The summed E-state index contributed by atoms with van der Waals surface area (Å²) >= 11 is 0. The summed E-state index contributed by atoms with van der Waals surface area (Å²) in [6, 6.07) is 10.9. The minimum absolute atomic E-state index is 0.729. The Hall–Kier alpha value is -1.81. The van der Waals surface area contributed by atoms with E-state index in [-0.39, 0.29) is 0 Å². The monoisotopic (exact) mass is 268 g/mol. The second-order valence-electron chi connectivity index (χ2n) is 5.90. The Morgan fingerprint density at radius 2 is 2.05 bits per heavy atom. The molecule has 2 saturated heterocycles. The highest BCUT2D eigenvalue weighted by Crippen LogP contribution is 2.26. The fraction of sp³-hybridized carbons (Fsp3) is 0.438. The van der Waals surface area contributed by atoms with Crippen LogP contribution < -0.4 is 10.6 Å². The summed E-state index contributed by atoms with van der Waals surface area (Å²) in [5.74, 6) is 1.11. The van der Waals surface area contributed by atoms with Crippen molar-refractivity contribution in [3.05, 3.63) is 30.3 Å². The lowest BCUT2D eigenvalue weighted by Gasteiger charge is -2.38. The molecule has 0 bridgehead atoms. The van der Waals surface area contributed by atoms with Crippen LogP contribution in [0.3, 0.4) is 0 Å². The number of hydrogen-bond donors (Lipinski definition) is 1. The molecule has 104 valence electrons. The van der Waals surface area contributed by atoms with E-state index >= 15 is 0 Å². The standard InChI is InChI=1S/C16H20N4/c17-13-4-5-15-12(10-13)3-6-16(18-15)20-9-8-19-7-1-2-14(19)11-20/h3-6,10,14H,1-2,7-9,11,17H2. The van der Waals surface area contributed by atoms with Gasteiger partial charge in [0.2, 0.25) is 0 Å². The van der Waals surface area contributed by atoms with Crippen molar-refractivity contribution < 1.29 is 0 Å². The van der Waals surface area contributed by atoms with Crippen LogP contribution in [0.2, 0.25) is 0 Å². The maximum atomic E-state index is 5.82. The molecule has 0 radical (unpaired) electrons. The van der Waals surface area contributed by atoms with Crippen molar-refractivity contribution in [2.45, 2.75) is 18.9 Å². The molecule has 0 aliphatic carbocycles. The van der Waals surface area contributed by atoms with Gasteiger partial charge in [-0.15, -0.1) is 0 Å². The molecule has 1 aromatic carbocycles. The second kappa shape index (κ2) is 4.63. The van der Waals surface area contributed by atoms with Crippen LogP contribution in [0.25, 0.3) is 10.9 Å². The number of nitrogen functional groups attached to an aromatic ring is 1. The number of nitrogens with zero attached hydrogens (tertiary/aromatic N) is 3. The largest absolute Gasteiger partial charge is 0.399 e. The minimum atomic E-state index is 0.729. The fourth-order valence-electron chi connectivity index (χ4n) is 3.51. The maximum absolute atomic E-state index is 5.82. The minimum Gasteiger partial charge on any atom is -0.399 e. The Kier molecular flexibility index (Phi) is 2.77. The Bertz CT molecular complexity index is 639. The molecule has 0 spiro atoms. The van der Waals surface area contributed by atoms with E-state index in [0.29, 0.717) is 0 Å². The van der Waals surface area contributed by atoms with Crippen LogP contribution in [-0.2, 0) is 0 Å². The first-order chi connectivity index (χ1) is 9.79. The third-order valence-corrected chi connectivity index (χ3v) is 4.61. The molecule has 20 heavy (non-hydrogen) atoms. The lowest BCUT2D eigenvalue weighted by atomic mass is 10.1. The molecule has 4 rings (SSSR count). The molecule has 1 unspecified atom stereocenters. The summed E-state index contributed by atoms with van der Waals surface area (Å²) in [6.07, 6.45) is 2.68. The first-order valence-electron chi connectivity index (χ1n) is 7.45. The smallest absolute Gasteiger partial charge is 0.129 e. The van der Waals surface area contributed by atoms with Gasteiger partial charge in [0.15, 0.2) is 0 Å². The molecule has 0 saturated carbocycles. The zero-order valence-corrected chi connectivity index (χ0v) is 11.6. The molecule has 1 atom stereocenters. The Balaban J connectivity index is 1.63. The Morgan fingerprint density at radius 1 is 1.10 bits per heavy atom. The fourth-order valence-corrected chi connectivity index (χ4v) is 3.51. The van der Waals surface area contributed by atoms with Gasteiger partial charge in [0, 0.05) is 36.7 Å². The Labute approximate surface area is 119 Å². The van der Waals surface area contributed by atoms with E-state index in [1.807, 2.05) is 18.2 Å². The van der Waals surface area contributed by atoms with Gasteiger partial charge in [-0.25, -0.2) is 4.98 Å². The van der Waals surface area contributed by atoms with Gasteiger partial charge in [-0.2, -0.15) is 0 Å². The van der Waals surface area contributed by atoms with Gasteiger partial charge in [-0.3, -0.25) is 4.90 Å². The molecular weight excluding hydrogens is 248 g/mol. The molecule has 0 amide bonds. The van der Waals surface area contributed by atoms with Crippen LogP contribution in [0.15, 0.2) is 30.3 Å². The van der Waals surface area contributed by atoms with Crippen LogP contribution in [0.5, 0.6) is 0 Å². The number of nitrogens with two attached hydrogens (primary N) is 1. The van der Waals surface area contributed by atoms with Crippen LogP contribution in [0, 0.1) is 0 Å². The number of benzene rings is 1. The molecule has 2 aliphatic rings. The topological polar surface area (TPSA) is 45.4 Å². The lowest BCUT2D eigenvalue weighted by Crippen LogP contribution is -2.50. The van der Waals surface area contributed by atoms with E-state index in [9.17, 15) is 0 Å². The highest BCUT2D eigenvalue weighted by molar-refractivity contribution is 5.83. The highest BCUT2D eigenvalue weighted by atomic mass is 15.3. The summed E-state index contributed by atoms with van der Waals surface area (Å²) in [6.45, 7) is 4.66. The van der Waals surface area contributed by atoms with Crippen molar-refractivity contribution >= 4 is 22.4 Å². The highest BCUT2D eigenvalue weighted by Gasteiger charge is 2.30. The molecule has 2 aliphatic heterocycles. The predicted octanol–water partition coefficient (Wildman–Crippen LogP) is 2.10. The maximum Gasteiger partial charge on any atom is 0.129 e. The SMILES string of the molecule is Nc1ccc2nc(N3CCN4CCCC4C3)ccc2c1. The second-order valence-corrected chi connectivity index (χ2v) is 5.90. The number of pyridine rings is 1. The number of hydrogen-bond acceptors (Lipinski definition) is 4. The summed E-state index contributed by atoms with van der Waals surface area (Å²) in [4.78, 5) is 9.86. The molecule has 1 aromatic heterocycles. The molecule has 2 N–H and O–H groups in total. The third-order valence-electron chi connectivity index (χ3n) is 4.61. The van der Waals surface area contributed by atoms with E-state index in [1.165, 1.54) is 25.9 Å². The van der Waals surface area contributed by atoms with Crippen molar-refractivity contribution in [1.82, 2.24) is 9.88 Å². The van der Waals surface area contributed by atoms with Crippen molar-refractivity contribution in [3.8, 4) is 0 Å². The molecule has 3 heterocycles. The molecule has 4 heteroatoms. The van der Waals surface area contributed by atoms with Gasteiger partial charge < -0.3 is 10.6 Å². The average Bonchev–Trinajstić information content (AvgIpc) is 2.94. The van der Waals surface area contributed by atoms with E-state index in [4.69, 9.17) is 10.7 Å². The van der Waals surface area contributed by atoms with E-state index in [2.05, 4.69) is 21.9 Å². The number of aromatic nitrogens is 1. The van der Waals surface area contributed by atoms with Gasteiger partial charge in [-0.05, 0) is 49.7 Å². The average molecular weight is 268 g/mol. The van der Waals surface area contributed by atoms with Crippen molar-refractivity contribution in [2.75, 3.05) is 36.8 Å². The summed E-state index contributed by atoms with van der Waals surface area (Å²) in [7, 11) is 0. The molecule has 2 fully saturated rings. The summed E-state index contributed by atoms with van der Waals surface area (Å²) in [5.41, 5.74) is 7.65. The summed E-state index contributed by atoms with van der Waals surface area (Å²) < 4.78 is 0. The third kappa shape index (κ3) is 2.00. The first-order valence-corrected chi connectivity index (χ1v) is 7.45. The quantitative estimate of drug-likeness (QED) is 0.805. The van der Waals surface area contributed by atoms with Gasteiger partial charge in [0.25, 0.3) is 0 Å². The van der Waals surface area contributed by atoms with Crippen LogP contribution in [0.4, 0.5) is 11.5 Å². The zero-order chi connectivity index (χ0) is 13.5. The van der Waals surface area contributed by atoms with E-state index in [1.54, 1.807) is 0 Å². The van der Waals surface area contributed by atoms with Crippen molar-refractivity contribution in [1.29, 1.82) is 0 Å². The van der Waals surface area contributed by atoms with Gasteiger partial charge >= 0.3 is 0 Å². The molecular formula is C16H20N4. The van der Waals surface area contributed by atoms with Gasteiger partial charge in [0.1, 0.15) is 5.82 Å². The van der Waals surface area contributed by atoms with Crippen molar-refractivity contribution in [3.63, 3.8) is 0 Å². The Morgan fingerprint density at radius 3 is 3.00 bits per heavy atom. The van der Waals surface area contributed by atoms with Gasteiger partial charge in [-0.1, -0.05) is 0 Å². The number of piperazine rings is 1. The van der Waals surface area contributed by atoms with E-state index < -0.39 is 0 Å². The number of rotatable bonds is 1. The normalized spacial score (nSPS) is 23.2. The molecule has 4 nitrogen and oxygen atoms in total. The first kappa shape index (κ1) is 12.0. The van der Waals surface area contributed by atoms with Crippen LogP contribution in [0.1, 0.15) is 12.8 Å². The number of fused-ring (bicyclic) bond motifs is 2. The molecule has 2 aromatic rings. The lowest BCUT2D eigenvalue weighted by molar-refractivity contribution is 0.230. The van der Waals surface area contributed by atoms with Gasteiger partial charge in [0.05, 0.1) is 5.52 Å². The van der Waals surface area contributed by atoms with Crippen LogP contribution in [-0.4, -0.2) is 42.1 Å². The predicted molar refractivity (Wildman–Crippen MR) is 83.0 cm³/mol. The summed E-state index contributed by atoms with van der Waals surface area (Å²) in [5, 5.41) is 1.12.